The zero-order valence-electron chi connectivity index (χ0n) is 14.1. The lowest BCUT2D eigenvalue weighted by Gasteiger charge is -2.32. The van der Waals surface area contributed by atoms with E-state index in [9.17, 15) is 13.2 Å². The van der Waals surface area contributed by atoms with Gasteiger partial charge < -0.3 is 9.67 Å². The van der Waals surface area contributed by atoms with E-state index in [1.165, 1.54) is 4.57 Å². The number of aliphatic hydroxyl groups excluding tert-OH is 1. The van der Waals surface area contributed by atoms with E-state index in [1.54, 1.807) is 7.05 Å². The molecule has 0 bridgehead atoms. The molecule has 0 spiro atoms. The van der Waals surface area contributed by atoms with E-state index < -0.39 is 11.9 Å². The fourth-order valence-electron chi connectivity index (χ4n) is 3.41. The van der Waals surface area contributed by atoms with Gasteiger partial charge in [-0.3, -0.25) is 4.90 Å². The van der Waals surface area contributed by atoms with Crippen LogP contribution >= 0.6 is 0 Å². The van der Waals surface area contributed by atoms with Gasteiger partial charge in [-0.05, 0) is 30.5 Å². The number of hydrogen-bond acceptors (Lipinski definition) is 3. The van der Waals surface area contributed by atoms with Crippen LogP contribution in [0.1, 0.15) is 41.4 Å². The summed E-state index contributed by atoms with van der Waals surface area (Å²) in [5.41, 5.74) is 1.18. The predicted octanol–water partition coefficient (Wildman–Crippen LogP) is 3.31. The van der Waals surface area contributed by atoms with Crippen LogP contribution in [-0.4, -0.2) is 32.6 Å². The summed E-state index contributed by atoms with van der Waals surface area (Å²) < 4.78 is 40.1. The summed E-state index contributed by atoms with van der Waals surface area (Å²) in [6.07, 6.45) is -1.55. The van der Waals surface area contributed by atoms with Gasteiger partial charge in [-0.1, -0.05) is 24.3 Å². The number of rotatable bonds is 4. The van der Waals surface area contributed by atoms with Crippen LogP contribution in [0.2, 0.25) is 0 Å². The van der Waals surface area contributed by atoms with Crippen LogP contribution in [0.5, 0.6) is 0 Å². The second-order valence-electron chi connectivity index (χ2n) is 6.64. The molecule has 1 fully saturated rings. The summed E-state index contributed by atoms with van der Waals surface area (Å²) in [6.45, 7) is 2.39. The zero-order chi connectivity index (χ0) is 18.0. The predicted molar refractivity (Wildman–Crippen MR) is 87.8 cm³/mol. The van der Waals surface area contributed by atoms with Crippen molar-refractivity contribution in [1.29, 1.82) is 0 Å². The van der Waals surface area contributed by atoms with Gasteiger partial charge in [-0.15, -0.1) is 0 Å². The van der Waals surface area contributed by atoms with Crippen molar-refractivity contribution in [3.63, 3.8) is 0 Å². The van der Waals surface area contributed by atoms with Gasteiger partial charge in [-0.25, -0.2) is 4.98 Å². The SMILES string of the molecule is Cn1cc(C(F)(F)F)nc1C1CCCN(Cc2ccc(CO)cc2)C1. The molecule has 1 aromatic heterocycles. The number of hydrogen-bond donors (Lipinski definition) is 1. The molecule has 1 N–H and O–H groups in total. The third kappa shape index (κ3) is 4.22. The number of likely N-dealkylation sites (tertiary alicyclic amines) is 1. The lowest BCUT2D eigenvalue weighted by molar-refractivity contribution is -0.141. The minimum Gasteiger partial charge on any atom is -0.392 e. The third-order valence-corrected chi connectivity index (χ3v) is 4.69. The Balaban J connectivity index is 1.69. The number of nitrogens with zero attached hydrogens (tertiary/aromatic N) is 3. The summed E-state index contributed by atoms with van der Waals surface area (Å²) in [5, 5.41) is 9.10. The van der Waals surface area contributed by atoms with Crippen molar-refractivity contribution in [2.45, 2.75) is 38.1 Å². The van der Waals surface area contributed by atoms with Gasteiger partial charge in [-0.2, -0.15) is 13.2 Å². The molecule has 1 aromatic carbocycles. The molecule has 25 heavy (non-hydrogen) atoms. The van der Waals surface area contributed by atoms with Crippen molar-refractivity contribution < 1.29 is 18.3 Å². The van der Waals surface area contributed by atoms with Gasteiger partial charge in [0.2, 0.25) is 0 Å². The molecule has 1 aliphatic rings. The smallest absolute Gasteiger partial charge is 0.392 e. The van der Waals surface area contributed by atoms with Crippen molar-refractivity contribution in [2.75, 3.05) is 13.1 Å². The second-order valence-corrected chi connectivity index (χ2v) is 6.64. The van der Waals surface area contributed by atoms with Crippen molar-refractivity contribution in [3.8, 4) is 0 Å². The summed E-state index contributed by atoms with van der Waals surface area (Å²) in [4.78, 5) is 6.11. The first-order valence-corrected chi connectivity index (χ1v) is 8.38. The van der Waals surface area contributed by atoms with E-state index in [2.05, 4.69) is 9.88 Å². The molecular weight excluding hydrogens is 331 g/mol. The Hall–Kier alpha value is -1.86. The zero-order valence-corrected chi connectivity index (χ0v) is 14.1. The lowest BCUT2D eigenvalue weighted by Crippen LogP contribution is -2.34. The van der Waals surface area contributed by atoms with E-state index in [0.29, 0.717) is 12.4 Å². The molecule has 0 aliphatic carbocycles. The largest absolute Gasteiger partial charge is 0.434 e. The minimum absolute atomic E-state index is 0.00608. The van der Waals surface area contributed by atoms with Crippen LogP contribution < -0.4 is 0 Å². The summed E-state index contributed by atoms with van der Waals surface area (Å²) in [5.74, 6) is 0.513. The molecule has 0 amide bonds. The quantitative estimate of drug-likeness (QED) is 0.917. The average molecular weight is 353 g/mol. The fraction of sp³-hybridized carbons (Fsp3) is 0.500. The molecule has 1 saturated heterocycles. The number of aryl methyl sites for hydroxylation is 1. The van der Waals surface area contributed by atoms with Gasteiger partial charge in [0.25, 0.3) is 0 Å². The van der Waals surface area contributed by atoms with Gasteiger partial charge >= 0.3 is 6.18 Å². The Bertz CT molecular complexity index is 709. The van der Waals surface area contributed by atoms with Gasteiger partial charge in [0.15, 0.2) is 5.69 Å². The van der Waals surface area contributed by atoms with Crippen molar-refractivity contribution in [1.82, 2.24) is 14.5 Å². The van der Waals surface area contributed by atoms with Gasteiger partial charge in [0.1, 0.15) is 5.82 Å². The fourth-order valence-corrected chi connectivity index (χ4v) is 3.41. The van der Waals surface area contributed by atoms with Crippen LogP contribution in [0.3, 0.4) is 0 Å². The summed E-state index contributed by atoms with van der Waals surface area (Å²) in [6, 6.07) is 7.76. The number of imidazole rings is 1. The molecule has 2 aromatic rings. The van der Waals surface area contributed by atoms with Crippen LogP contribution in [0.15, 0.2) is 30.5 Å². The first kappa shape index (κ1) is 17.9. The van der Waals surface area contributed by atoms with Gasteiger partial charge in [0, 0.05) is 32.3 Å². The Morgan fingerprint density at radius 1 is 1.20 bits per heavy atom. The molecule has 7 heteroatoms. The van der Waals surface area contributed by atoms with Crippen molar-refractivity contribution in [3.05, 3.63) is 53.1 Å². The van der Waals surface area contributed by atoms with E-state index in [0.717, 1.165) is 43.3 Å². The maximum Gasteiger partial charge on any atom is 0.434 e. The third-order valence-electron chi connectivity index (χ3n) is 4.69. The standard InChI is InChI=1S/C18H22F3N3O/c1-23-11-16(18(19,20)21)22-17(23)15-3-2-8-24(10-15)9-13-4-6-14(12-25)7-5-13/h4-7,11,15,25H,2-3,8-10,12H2,1H3. The Morgan fingerprint density at radius 3 is 2.48 bits per heavy atom. The minimum atomic E-state index is -4.40. The summed E-state index contributed by atoms with van der Waals surface area (Å²) >= 11 is 0. The highest BCUT2D eigenvalue weighted by molar-refractivity contribution is 5.22. The molecule has 4 nitrogen and oxygen atoms in total. The van der Waals surface area contributed by atoms with Gasteiger partial charge in [0.05, 0.1) is 6.61 Å². The second kappa shape index (κ2) is 7.17. The van der Waals surface area contributed by atoms with E-state index in [4.69, 9.17) is 5.11 Å². The van der Waals surface area contributed by atoms with Crippen LogP contribution in [0, 0.1) is 0 Å². The molecule has 1 atom stereocenters. The lowest BCUT2D eigenvalue weighted by atomic mass is 9.96. The number of halogens is 3. The number of piperidine rings is 1. The van der Waals surface area contributed by atoms with Crippen LogP contribution in [-0.2, 0) is 26.4 Å². The Labute approximate surface area is 144 Å². The first-order chi connectivity index (χ1) is 11.9. The monoisotopic (exact) mass is 353 g/mol. The van der Waals surface area contributed by atoms with Crippen molar-refractivity contribution in [2.24, 2.45) is 7.05 Å². The highest BCUT2D eigenvalue weighted by Crippen LogP contribution is 2.32. The number of benzene rings is 1. The number of alkyl halides is 3. The van der Waals surface area contributed by atoms with E-state index >= 15 is 0 Å². The van der Waals surface area contributed by atoms with Crippen molar-refractivity contribution >= 4 is 0 Å². The highest BCUT2D eigenvalue weighted by Gasteiger charge is 2.36. The maximum absolute atomic E-state index is 12.9. The molecule has 1 unspecified atom stereocenters. The molecule has 3 rings (SSSR count). The highest BCUT2D eigenvalue weighted by atomic mass is 19.4. The van der Waals surface area contributed by atoms with Crippen LogP contribution in [0.4, 0.5) is 13.2 Å². The topological polar surface area (TPSA) is 41.3 Å². The molecule has 136 valence electrons. The number of aromatic nitrogens is 2. The maximum atomic E-state index is 12.9. The Kier molecular flexibility index (Phi) is 5.15. The van der Waals surface area contributed by atoms with E-state index in [1.807, 2.05) is 24.3 Å². The first-order valence-electron chi connectivity index (χ1n) is 8.38. The molecule has 2 heterocycles. The average Bonchev–Trinajstić information content (AvgIpc) is 2.98. The normalized spacial score (nSPS) is 19.3. The summed E-state index contributed by atoms with van der Waals surface area (Å²) in [7, 11) is 1.63. The van der Waals surface area contributed by atoms with Crippen LogP contribution in [0.25, 0.3) is 0 Å². The Morgan fingerprint density at radius 2 is 1.88 bits per heavy atom. The molecule has 1 aliphatic heterocycles. The van der Waals surface area contributed by atoms with E-state index in [-0.39, 0.29) is 12.5 Å². The molecule has 0 radical (unpaired) electrons. The molecule has 0 saturated carbocycles. The molecular formula is C18H22F3N3O. The number of aliphatic hydroxyl groups is 1.